The van der Waals surface area contributed by atoms with Gasteiger partial charge in [-0.2, -0.15) is 0 Å². The van der Waals surface area contributed by atoms with Crippen LogP contribution in [0.25, 0.3) is 0 Å². The molecule has 23 heavy (non-hydrogen) atoms. The van der Waals surface area contributed by atoms with Crippen molar-refractivity contribution in [1.82, 2.24) is 0 Å². The van der Waals surface area contributed by atoms with E-state index < -0.39 is 4.32 Å². The summed E-state index contributed by atoms with van der Waals surface area (Å²) in [6.45, 7) is 6.25. The number of nitrogens with zero attached hydrogens (tertiary/aromatic N) is 1. The highest BCUT2D eigenvalue weighted by Gasteiger charge is 2.31. The zero-order valence-corrected chi connectivity index (χ0v) is 15.6. The molecule has 0 N–H and O–H groups in total. The Morgan fingerprint density at radius 3 is 2.39 bits per heavy atom. The van der Waals surface area contributed by atoms with Gasteiger partial charge in [0.25, 0.3) is 0 Å². The van der Waals surface area contributed by atoms with Crippen molar-refractivity contribution in [3.63, 3.8) is 0 Å². The van der Waals surface area contributed by atoms with Gasteiger partial charge in [-0.3, -0.25) is 4.79 Å². The Balaban J connectivity index is 2.47. The molecule has 4 heteroatoms. The molecule has 3 nitrogen and oxygen atoms in total. The van der Waals surface area contributed by atoms with E-state index in [0.717, 1.165) is 22.6 Å². The maximum Gasteiger partial charge on any atom is 0.243 e. The Bertz CT molecular complexity index is 678. The van der Waals surface area contributed by atoms with Crippen LogP contribution in [0.1, 0.15) is 25.0 Å². The smallest absolute Gasteiger partial charge is 0.243 e. The minimum absolute atomic E-state index is 0.0118. The number of carbonyl (C=O) groups is 1. The fourth-order valence-electron chi connectivity index (χ4n) is 2.36. The van der Waals surface area contributed by atoms with Crippen LogP contribution >= 0.6 is 15.9 Å². The fourth-order valence-corrected chi connectivity index (χ4v) is 2.57. The lowest BCUT2D eigenvalue weighted by atomic mass is 10.1. The molecule has 2 aromatic carbocycles. The average molecular weight is 376 g/mol. The number of amides is 1. The summed E-state index contributed by atoms with van der Waals surface area (Å²) < 4.78 is 4.68. The minimum Gasteiger partial charge on any atom is -0.497 e. The van der Waals surface area contributed by atoms with E-state index in [1.165, 1.54) is 0 Å². The van der Waals surface area contributed by atoms with Crippen molar-refractivity contribution in [2.45, 2.75) is 31.6 Å². The van der Waals surface area contributed by atoms with Crippen LogP contribution in [0.5, 0.6) is 5.75 Å². The molecule has 0 saturated heterocycles. The maximum atomic E-state index is 13.0. The summed E-state index contributed by atoms with van der Waals surface area (Å²) in [5.41, 5.74) is 2.98. The number of rotatable bonds is 5. The number of anilines is 1. The molecule has 0 spiro atoms. The third-order valence-electron chi connectivity index (χ3n) is 3.64. The van der Waals surface area contributed by atoms with Crippen LogP contribution < -0.4 is 9.64 Å². The maximum absolute atomic E-state index is 13.0. The van der Waals surface area contributed by atoms with Crippen molar-refractivity contribution in [1.29, 1.82) is 0 Å². The van der Waals surface area contributed by atoms with E-state index in [0.29, 0.717) is 6.54 Å². The second-order valence-electron chi connectivity index (χ2n) is 6.00. The molecule has 0 aliphatic rings. The molecule has 2 aromatic rings. The number of benzene rings is 2. The number of hydrogen-bond donors (Lipinski definition) is 0. The van der Waals surface area contributed by atoms with Gasteiger partial charge in [0.1, 0.15) is 5.75 Å². The Morgan fingerprint density at radius 2 is 1.83 bits per heavy atom. The molecular weight excluding hydrogens is 354 g/mol. The predicted molar refractivity (Wildman–Crippen MR) is 98.4 cm³/mol. The van der Waals surface area contributed by atoms with E-state index in [1.807, 2.05) is 74.2 Å². The Kier molecular flexibility index (Phi) is 5.47. The van der Waals surface area contributed by atoms with Crippen LogP contribution in [0.4, 0.5) is 5.69 Å². The third-order valence-corrected chi connectivity index (χ3v) is 3.98. The largest absolute Gasteiger partial charge is 0.497 e. The number of halogens is 1. The Hall–Kier alpha value is -1.81. The van der Waals surface area contributed by atoms with E-state index in [1.54, 1.807) is 7.11 Å². The zero-order chi connectivity index (χ0) is 17.0. The molecule has 0 fully saturated rings. The fraction of sp³-hybridized carbons (Fsp3) is 0.316. The molecule has 0 aromatic heterocycles. The van der Waals surface area contributed by atoms with E-state index in [4.69, 9.17) is 4.74 Å². The van der Waals surface area contributed by atoms with Gasteiger partial charge >= 0.3 is 0 Å². The van der Waals surface area contributed by atoms with Crippen LogP contribution in [-0.2, 0) is 11.3 Å². The number of alkyl halides is 1. The van der Waals surface area contributed by atoms with Crippen molar-refractivity contribution in [3.05, 3.63) is 59.7 Å². The van der Waals surface area contributed by atoms with E-state index in [2.05, 4.69) is 15.9 Å². The van der Waals surface area contributed by atoms with Gasteiger partial charge in [0, 0.05) is 6.07 Å². The summed E-state index contributed by atoms with van der Waals surface area (Å²) in [4.78, 5) is 14.8. The molecule has 0 radical (unpaired) electrons. The van der Waals surface area contributed by atoms with Gasteiger partial charge in [-0.05, 0) is 38.0 Å². The number of methoxy groups -OCH3 is 1. The molecule has 1 amide bonds. The first-order valence-corrected chi connectivity index (χ1v) is 8.31. The van der Waals surface area contributed by atoms with Crippen molar-refractivity contribution in [2.75, 3.05) is 12.0 Å². The van der Waals surface area contributed by atoms with Gasteiger partial charge in [0.2, 0.25) is 5.91 Å². The quantitative estimate of drug-likeness (QED) is 0.708. The minimum atomic E-state index is -0.642. The van der Waals surface area contributed by atoms with Crippen LogP contribution in [0.2, 0.25) is 0 Å². The van der Waals surface area contributed by atoms with Crippen LogP contribution in [-0.4, -0.2) is 17.3 Å². The standard InChI is InChI=1S/C19H22BrNO2/c1-14-10-11-16(23-4)12-17(14)21(18(22)19(2,3)20)13-15-8-6-5-7-9-15/h5-12H,13H2,1-4H3. The molecule has 2 rings (SSSR count). The number of ether oxygens (including phenoxy) is 1. The number of carbonyl (C=O) groups excluding carboxylic acids is 1. The number of hydrogen-bond acceptors (Lipinski definition) is 2. The second-order valence-corrected chi connectivity index (χ2v) is 7.98. The average Bonchev–Trinajstić information content (AvgIpc) is 2.53. The first-order valence-electron chi connectivity index (χ1n) is 7.52. The molecule has 0 atom stereocenters. The second kappa shape index (κ2) is 7.18. The summed E-state index contributed by atoms with van der Waals surface area (Å²) >= 11 is 3.49. The lowest BCUT2D eigenvalue weighted by Crippen LogP contribution is -2.41. The molecule has 122 valence electrons. The van der Waals surface area contributed by atoms with Gasteiger partial charge in [0.05, 0.1) is 23.7 Å². The van der Waals surface area contributed by atoms with Gasteiger partial charge < -0.3 is 9.64 Å². The summed E-state index contributed by atoms with van der Waals surface area (Å²) in [5.74, 6) is 0.751. The SMILES string of the molecule is COc1ccc(C)c(N(Cc2ccccc2)C(=O)C(C)(C)Br)c1. The third kappa shape index (κ3) is 4.35. The lowest BCUT2D eigenvalue weighted by Gasteiger charge is -2.30. The summed E-state index contributed by atoms with van der Waals surface area (Å²) in [6.07, 6.45) is 0. The van der Waals surface area contributed by atoms with Crippen LogP contribution in [0.15, 0.2) is 48.5 Å². The highest BCUT2D eigenvalue weighted by atomic mass is 79.9. The van der Waals surface area contributed by atoms with Crippen molar-refractivity contribution < 1.29 is 9.53 Å². The Labute approximate surface area is 146 Å². The molecule has 0 saturated carbocycles. The summed E-state index contributed by atoms with van der Waals surface area (Å²) in [5, 5.41) is 0. The summed E-state index contributed by atoms with van der Waals surface area (Å²) in [6, 6.07) is 15.8. The van der Waals surface area contributed by atoms with Crippen molar-refractivity contribution >= 4 is 27.5 Å². The molecule has 0 unspecified atom stereocenters. The number of aryl methyl sites for hydroxylation is 1. The molecule has 0 bridgehead atoms. The molecular formula is C19H22BrNO2. The van der Waals surface area contributed by atoms with Gasteiger partial charge in [0.15, 0.2) is 0 Å². The zero-order valence-electron chi connectivity index (χ0n) is 14.0. The van der Waals surface area contributed by atoms with Crippen LogP contribution in [0, 0.1) is 6.92 Å². The predicted octanol–water partition coefficient (Wildman–Crippen LogP) is 4.71. The molecule has 0 aliphatic heterocycles. The van der Waals surface area contributed by atoms with Gasteiger partial charge in [-0.1, -0.05) is 52.3 Å². The van der Waals surface area contributed by atoms with Gasteiger partial charge in [-0.25, -0.2) is 0 Å². The van der Waals surface area contributed by atoms with Crippen LogP contribution in [0.3, 0.4) is 0 Å². The molecule has 0 heterocycles. The van der Waals surface area contributed by atoms with E-state index in [-0.39, 0.29) is 5.91 Å². The lowest BCUT2D eigenvalue weighted by molar-refractivity contribution is -0.120. The Morgan fingerprint density at radius 1 is 1.17 bits per heavy atom. The van der Waals surface area contributed by atoms with Crippen molar-refractivity contribution in [2.24, 2.45) is 0 Å². The molecule has 0 aliphatic carbocycles. The summed E-state index contributed by atoms with van der Waals surface area (Å²) in [7, 11) is 1.63. The van der Waals surface area contributed by atoms with E-state index in [9.17, 15) is 4.79 Å². The van der Waals surface area contributed by atoms with Crippen molar-refractivity contribution in [3.8, 4) is 5.75 Å². The monoisotopic (exact) mass is 375 g/mol. The highest BCUT2D eigenvalue weighted by Crippen LogP contribution is 2.31. The topological polar surface area (TPSA) is 29.5 Å². The van der Waals surface area contributed by atoms with Gasteiger partial charge in [-0.15, -0.1) is 0 Å². The first-order chi connectivity index (χ1) is 10.8. The van der Waals surface area contributed by atoms with E-state index >= 15 is 0 Å². The normalized spacial score (nSPS) is 11.2. The highest BCUT2D eigenvalue weighted by molar-refractivity contribution is 9.10. The first kappa shape index (κ1) is 17.5.